The molecule has 4 nitrogen and oxygen atoms in total. The lowest BCUT2D eigenvalue weighted by Gasteiger charge is -2.21. The van der Waals surface area contributed by atoms with Gasteiger partial charge in [0.05, 0.1) is 12.6 Å². The van der Waals surface area contributed by atoms with Crippen LogP contribution in [0.5, 0.6) is 0 Å². The Bertz CT molecular complexity index is 463. The fourth-order valence-corrected chi connectivity index (χ4v) is 2.41. The van der Waals surface area contributed by atoms with Crippen LogP contribution >= 0.6 is 0 Å². The van der Waals surface area contributed by atoms with Gasteiger partial charge in [0.25, 0.3) is 0 Å². The van der Waals surface area contributed by atoms with Crippen LogP contribution in [0.2, 0.25) is 0 Å². The summed E-state index contributed by atoms with van der Waals surface area (Å²) in [5.41, 5.74) is 3.21. The van der Waals surface area contributed by atoms with Gasteiger partial charge in [-0.2, -0.15) is 0 Å². The molecule has 1 aromatic carbocycles. The summed E-state index contributed by atoms with van der Waals surface area (Å²) in [6.07, 6.45) is 1.63. The molecule has 2 N–H and O–H groups in total. The molecule has 0 aliphatic heterocycles. The minimum absolute atomic E-state index is 0.0441. The summed E-state index contributed by atoms with van der Waals surface area (Å²) in [4.78, 5) is 13.6. The first-order chi connectivity index (χ1) is 9.44. The Morgan fingerprint density at radius 1 is 1.35 bits per heavy atom. The number of likely N-dealkylation sites (N-methyl/N-ethyl adjacent to an activating group) is 1. The molecule has 20 heavy (non-hydrogen) atoms. The Morgan fingerprint density at radius 2 is 1.95 bits per heavy atom. The zero-order valence-corrected chi connectivity index (χ0v) is 12.5. The number of carbonyl (C=O) groups is 1. The van der Waals surface area contributed by atoms with Gasteiger partial charge in [-0.25, -0.2) is 0 Å². The van der Waals surface area contributed by atoms with Crippen LogP contribution in [0.3, 0.4) is 0 Å². The summed E-state index contributed by atoms with van der Waals surface area (Å²) in [6.45, 7) is 4.84. The van der Waals surface area contributed by atoms with E-state index in [0.717, 1.165) is 29.5 Å². The molecule has 0 aromatic heterocycles. The monoisotopic (exact) mass is 276 g/mol. The quantitative estimate of drug-likeness (QED) is 0.829. The summed E-state index contributed by atoms with van der Waals surface area (Å²) in [5, 5.41) is 13.2. The van der Waals surface area contributed by atoms with Gasteiger partial charge in [0.15, 0.2) is 0 Å². The summed E-state index contributed by atoms with van der Waals surface area (Å²) < 4.78 is 0. The third kappa shape index (κ3) is 4.62. The summed E-state index contributed by atoms with van der Waals surface area (Å²) in [6, 6.07) is 6.47. The van der Waals surface area contributed by atoms with Crippen molar-refractivity contribution in [2.45, 2.75) is 38.8 Å². The van der Waals surface area contributed by atoms with E-state index in [1.165, 1.54) is 0 Å². The lowest BCUT2D eigenvalue weighted by molar-refractivity contribution is -0.122. The molecule has 0 radical (unpaired) electrons. The van der Waals surface area contributed by atoms with Crippen molar-refractivity contribution >= 4 is 5.91 Å². The third-order valence-electron chi connectivity index (χ3n) is 3.47. The average molecular weight is 276 g/mol. The highest BCUT2D eigenvalue weighted by Gasteiger charge is 2.23. The van der Waals surface area contributed by atoms with E-state index < -0.39 is 6.10 Å². The van der Waals surface area contributed by atoms with Crippen molar-refractivity contribution in [2.75, 3.05) is 20.1 Å². The molecule has 1 amide bonds. The van der Waals surface area contributed by atoms with Crippen LogP contribution in [0.4, 0.5) is 0 Å². The highest BCUT2D eigenvalue weighted by atomic mass is 16.3. The number of hydrogen-bond acceptors (Lipinski definition) is 3. The van der Waals surface area contributed by atoms with E-state index in [0.29, 0.717) is 19.1 Å². The number of carbonyl (C=O) groups excluding carboxylic acids is 1. The SMILES string of the molecule is Cc1cc(C)cc(C(O)CN(C)CC(=O)NC2CC2)c1. The zero-order chi connectivity index (χ0) is 14.7. The lowest BCUT2D eigenvalue weighted by atomic mass is 10.0. The first-order valence-corrected chi connectivity index (χ1v) is 7.18. The van der Waals surface area contributed by atoms with Crippen LogP contribution in [0, 0.1) is 13.8 Å². The van der Waals surface area contributed by atoms with Gasteiger partial charge in [-0.15, -0.1) is 0 Å². The van der Waals surface area contributed by atoms with Gasteiger partial charge in [0.2, 0.25) is 5.91 Å². The van der Waals surface area contributed by atoms with E-state index in [1.807, 2.05) is 37.9 Å². The van der Waals surface area contributed by atoms with Crippen LogP contribution < -0.4 is 5.32 Å². The maximum atomic E-state index is 11.7. The van der Waals surface area contributed by atoms with Gasteiger partial charge in [0.1, 0.15) is 0 Å². The van der Waals surface area contributed by atoms with Crippen molar-refractivity contribution in [1.29, 1.82) is 0 Å². The molecule has 110 valence electrons. The molecule has 0 spiro atoms. The Labute approximate surface area is 120 Å². The third-order valence-corrected chi connectivity index (χ3v) is 3.47. The van der Waals surface area contributed by atoms with E-state index in [-0.39, 0.29) is 5.91 Å². The fraction of sp³-hybridized carbons (Fsp3) is 0.562. The molecule has 1 aromatic rings. The predicted molar refractivity (Wildman–Crippen MR) is 79.5 cm³/mol. The molecule has 1 aliphatic carbocycles. The van der Waals surface area contributed by atoms with Crippen LogP contribution in [0.1, 0.15) is 35.6 Å². The molecule has 0 bridgehead atoms. The maximum Gasteiger partial charge on any atom is 0.234 e. The molecule has 1 fully saturated rings. The van der Waals surface area contributed by atoms with Crippen LogP contribution in [-0.4, -0.2) is 42.1 Å². The van der Waals surface area contributed by atoms with Crippen molar-refractivity contribution in [3.05, 3.63) is 34.9 Å². The molecular weight excluding hydrogens is 252 g/mol. The van der Waals surface area contributed by atoms with Gasteiger partial charge in [0, 0.05) is 12.6 Å². The standard InChI is InChI=1S/C16H24N2O2/c1-11-6-12(2)8-13(7-11)15(19)9-18(3)10-16(20)17-14-4-5-14/h6-8,14-15,19H,4-5,9-10H2,1-3H3,(H,17,20). The van der Waals surface area contributed by atoms with Crippen LogP contribution in [0.25, 0.3) is 0 Å². The van der Waals surface area contributed by atoms with E-state index in [1.54, 1.807) is 0 Å². The Kier molecular flexibility index (Phi) is 4.78. The number of hydrogen-bond donors (Lipinski definition) is 2. The van der Waals surface area contributed by atoms with E-state index in [4.69, 9.17) is 0 Å². The number of nitrogens with one attached hydrogen (secondary N) is 1. The Balaban J connectivity index is 1.85. The van der Waals surface area contributed by atoms with Crippen molar-refractivity contribution in [3.8, 4) is 0 Å². The molecule has 0 heterocycles. The lowest BCUT2D eigenvalue weighted by Crippen LogP contribution is -2.37. The van der Waals surface area contributed by atoms with Crippen molar-refractivity contribution in [2.24, 2.45) is 0 Å². The Morgan fingerprint density at radius 3 is 2.50 bits per heavy atom. The highest BCUT2D eigenvalue weighted by molar-refractivity contribution is 5.78. The second-order valence-electron chi connectivity index (χ2n) is 5.98. The van der Waals surface area contributed by atoms with Gasteiger partial charge in [-0.1, -0.05) is 29.3 Å². The highest BCUT2D eigenvalue weighted by Crippen LogP contribution is 2.19. The van der Waals surface area contributed by atoms with Crippen LogP contribution in [0.15, 0.2) is 18.2 Å². The van der Waals surface area contributed by atoms with Crippen molar-refractivity contribution in [1.82, 2.24) is 10.2 Å². The van der Waals surface area contributed by atoms with E-state index in [2.05, 4.69) is 11.4 Å². The van der Waals surface area contributed by atoms with Crippen molar-refractivity contribution in [3.63, 3.8) is 0 Å². The number of aliphatic hydroxyl groups is 1. The minimum Gasteiger partial charge on any atom is -0.387 e. The number of amides is 1. The fourth-order valence-electron chi connectivity index (χ4n) is 2.41. The molecule has 1 atom stereocenters. The minimum atomic E-state index is -0.563. The van der Waals surface area contributed by atoms with Crippen LogP contribution in [-0.2, 0) is 4.79 Å². The predicted octanol–water partition coefficient (Wildman–Crippen LogP) is 1.55. The summed E-state index contributed by atoms with van der Waals surface area (Å²) in [7, 11) is 1.86. The Hall–Kier alpha value is -1.39. The van der Waals surface area contributed by atoms with E-state index in [9.17, 15) is 9.90 Å². The van der Waals surface area contributed by atoms with Gasteiger partial charge >= 0.3 is 0 Å². The molecule has 4 heteroatoms. The second kappa shape index (κ2) is 6.37. The average Bonchev–Trinajstić information content (AvgIpc) is 3.10. The summed E-state index contributed by atoms with van der Waals surface area (Å²) >= 11 is 0. The number of rotatable bonds is 6. The maximum absolute atomic E-state index is 11.7. The molecule has 1 saturated carbocycles. The molecule has 0 saturated heterocycles. The van der Waals surface area contributed by atoms with Gasteiger partial charge < -0.3 is 10.4 Å². The smallest absolute Gasteiger partial charge is 0.234 e. The zero-order valence-electron chi connectivity index (χ0n) is 12.5. The molecular formula is C16H24N2O2. The summed E-state index contributed by atoms with van der Waals surface area (Å²) in [5.74, 6) is 0.0441. The molecule has 1 unspecified atom stereocenters. The number of nitrogens with zero attached hydrogens (tertiary/aromatic N) is 1. The molecule has 2 rings (SSSR count). The van der Waals surface area contributed by atoms with Gasteiger partial charge in [-0.05, 0) is 39.3 Å². The first-order valence-electron chi connectivity index (χ1n) is 7.18. The van der Waals surface area contributed by atoms with Gasteiger partial charge in [-0.3, -0.25) is 9.69 Å². The van der Waals surface area contributed by atoms with Crippen molar-refractivity contribution < 1.29 is 9.90 Å². The molecule has 1 aliphatic rings. The topological polar surface area (TPSA) is 52.6 Å². The van der Waals surface area contributed by atoms with E-state index >= 15 is 0 Å². The normalized spacial score (nSPS) is 16.2. The second-order valence-corrected chi connectivity index (χ2v) is 5.98. The number of aryl methyl sites for hydroxylation is 2. The first kappa shape index (κ1) is 15.0. The largest absolute Gasteiger partial charge is 0.387 e. The number of benzene rings is 1. The number of aliphatic hydroxyl groups excluding tert-OH is 1.